The molecule has 0 saturated heterocycles. The van der Waals surface area contributed by atoms with Gasteiger partial charge in [-0.15, -0.1) is 0 Å². The fourth-order valence-corrected chi connectivity index (χ4v) is 2.21. The number of hydrogen-bond donors (Lipinski definition) is 0. The van der Waals surface area contributed by atoms with Crippen molar-refractivity contribution in [3.63, 3.8) is 0 Å². The number of nitrogens with zero attached hydrogens (tertiary/aromatic N) is 3. The van der Waals surface area contributed by atoms with Crippen LogP contribution in [0, 0.1) is 0 Å². The highest BCUT2D eigenvalue weighted by Gasteiger charge is 2.17. The third-order valence-corrected chi connectivity index (χ3v) is 4.66. The van der Waals surface area contributed by atoms with Gasteiger partial charge < -0.3 is 4.52 Å². The first-order valence-electron chi connectivity index (χ1n) is 6.92. The Morgan fingerprint density at radius 2 is 1.77 bits per heavy atom. The topological polar surface area (TPSA) is 76.3 Å². The van der Waals surface area contributed by atoms with Crippen LogP contribution in [0.4, 0.5) is 0 Å². The first kappa shape index (κ1) is 16.6. The maximum absolute atomic E-state index is 11.4. The second-order valence-corrected chi connectivity index (χ2v) is 8.45. The summed E-state index contributed by atoms with van der Waals surface area (Å²) in [7, 11) is -1.80. The molecule has 22 heavy (non-hydrogen) atoms. The van der Waals surface area contributed by atoms with E-state index in [-0.39, 0.29) is 17.9 Å². The lowest BCUT2D eigenvalue weighted by Crippen LogP contribution is -2.25. The van der Waals surface area contributed by atoms with E-state index in [2.05, 4.69) is 30.9 Å². The second kappa shape index (κ2) is 5.81. The molecule has 0 N–H and O–H groups in total. The molecule has 0 aliphatic carbocycles. The van der Waals surface area contributed by atoms with Crippen molar-refractivity contribution in [1.29, 1.82) is 0 Å². The Morgan fingerprint density at radius 3 is 2.27 bits per heavy atom. The molecule has 7 heteroatoms. The van der Waals surface area contributed by atoms with Crippen LogP contribution in [0.15, 0.2) is 28.8 Å². The third kappa shape index (κ3) is 3.92. The summed E-state index contributed by atoms with van der Waals surface area (Å²) < 4.78 is 29.0. The van der Waals surface area contributed by atoms with Crippen LogP contribution in [-0.4, -0.2) is 36.2 Å². The number of rotatable bonds is 4. The third-order valence-electron chi connectivity index (χ3n) is 3.40. The lowest BCUT2D eigenvalue weighted by Gasteiger charge is -2.18. The van der Waals surface area contributed by atoms with Crippen LogP contribution in [0.1, 0.15) is 32.2 Å². The van der Waals surface area contributed by atoms with Crippen molar-refractivity contribution in [1.82, 2.24) is 14.4 Å². The van der Waals surface area contributed by atoms with Gasteiger partial charge in [-0.3, -0.25) is 0 Å². The van der Waals surface area contributed by atoms with E-state index in [1.54, 1.807) is 0 Å². The molecule has 0 radical (unpaired) electrons. The van der Waals surface area contributed by atoms with E-state index in [0.29, 0.717) is 5.82 Å². The van der Waals surface area contributed by atoms with E-state index in [4.69, 9.17) is 4.52 Å². The van der Waals surface area contributed by atoms with Gasteiger partial charge in [-0.05, 0) is 11.0 Å². The standard InChI is InChI=1S/C15H21N3O3S/c1-15(2,3)12-8-6-11(7-9-12)14-16-13(21-17-14)10-18(4)22(5,19)20/h6-9H,10H2,1-5H3. The molecule has 120 valence electrons. The molecule has 1 aromatic heterocycles. The van der Waals surface area contributed by atoms with E-state index >= 15 is 0 Å². The van der Waals surface area contributed by atoms with Gasteiger partial charge in [0, 0.05) is 12.6 Å². The Morgan fingerprint density at radius 1 is 1.18 bits per heavy atom. The van der Waals surface area contributed by atoms with Crippen LogP contribution >= 0.6 is 0 Å². The fourth-order valence-electron chi connectivity index (χ4n) is 1.86. The highest BCUT2D eigenvalue weighted by atomic mass is 32.2. The average molecular weight is 323 g/mol. The van der Waals surface area contributed by atoms with Crippen LogP contribution < -0.4 is 0 Å². The zero-order chi connectivity index (χ0) is 16.5. The zero-order valence-electron chi connectivity index (χ0n) is 13.5. The molecule has 0 bridgehead atoms. The van der Waals surface area contributed by atoms with Crippen LogP contribution in [-0.2, 0) is 22.0 Å². The van der Waals surface area contributed by atoms with Gasteiger partial charge in [0.05, 0.1) is 12.8 Å². The van der Waals surface area contributed by atoms with Crippen molar-refractivity contribution in [2.75, 3.05) is 13.3 Å². The lowest BCUT2D eigenvalue weighted by molar-refractivity contribution is 0.337. The SMILES string of the molecule is CN(Cc1nc(-c2ccc(C(C)(C)C)cc2)no1)S(C)(=O)=O. The quantitative estimate of drug-likeness (QED) is 0.863. The molecule has 0 saturated carbocycles. The van der Waals surface area contributed by atoms with Crippen molar-refractivity contribution in [3.8, 4) is 11.4 Å². The maximum atomic E-state index is 11.4. The van der Waals surface area contributed by atoms with E-state index in [9.17, 15) is 8.42 Å². The Labute approximate surface area is 131 Å². The number of benzene rings is 1. The van der Waals surface area contributed by atoms with Crippen LogP contribution in [0.25, 0.3) is 11.4 Å². The first-order valence-corrected chi connectivity index (χ1v) is 8.77. The van der Waals surface area contributed by atoms with Gasteiger partial charge in [-0.1, -0.05) is 50.2 Å². The molecule has 1 heterocycles. The summed E-state index contributed by atoms with van der Waals surface area (Å²) in [6.45, 7) is 6.51. The van der Waals surface area contributed by atoms with Crippen molar-refractivity contribution in [2.24, 2.45) is 0 Å². The molecule has 2 rings (SSSR count). The largest absolute Gasteiger partial charge is 0.338 e. The van der Waals surface area contributed by atoms with Crippen LogP contribution in [0.3, 0.4) is 0 Å². The molecule has 0 atom stereocenters. The fraction of sp³-hybridized carbons (Fsp3) is 0.467. The summed E-state index contributed by atoms with van der Waals surface area (Å²) in [6, 6.07) is 7.95. The maximum Gasteiger partial charge on any atom is 0.242 e. The highest BCUT2D eigenvalue weighted by molar-refractivity contribution is 7.88. The summed E-state index contributed by atoms with van der Waals surface area (Å²) in [5, 5.41) is 3.91. The van der Waals surface area contributed by atoms with Crippen molar-refractivity contribution in [3.05, 3.63) is 35.7 Å². The van der Waals surface area contributed by atoms with E-state index < -0.39 is 10.0 Å². The molecular weight excluding hydrogens is 302 g/mol. The Balaban J connectivity index is 2.18. The molecule has 0 unspecified atom stereocenters. The monoisotopic (exact) mass is 323 g/mol. The van der Waals surface area contributed by atoms with Gasteiger partial charge in [0.25, 0.3) is 0 Å². The minimum atomic E-state index is -3.27. The minimum Gasteiger partial charge on any atom is -0.338 e. The van der Waals surface area contributed by atoms with Crippen LogP contribution in [0.2, 0.25) is 0 Å². The smallest absolute Gasteiger partial charge is 0.242 e. The highest BCUT2D eigenvalue weighted by Crippen LogP contribution is 2.25. The molecule has 6 nitrogen and oxygen atoms in total. The molecule has 2 aromatic rings. The first-order chi connectivity index (χ1) is 10.1. The lowest BCUT2D eigenvalue weighted by atomic mass is 9.87. The van der Waals surface area contributed by atoms with Gasteiger partial charge in [-0.25, -0.2) is 8.42 Å². The molecule has 0 aliphatic rings. The molecule has 0 fully saturated rings. The molecular formula is C15H21N3O3S. The summed E-state index contributed by atoms with van der Waals surface area (Å²) in [5.74, 6) is 0.722. The van der Waals surface area contributed by atoms with Crippen LogP contribution in [0.5, 0.6) is 0 Å². The summed E-state index contributed by atoms with van der Waals surface area (Å²) in [4.78, 5) is 4.24. The summed E-state index contributed by atoms with van der Waals surface area (Å²) in [6.07, 6.45) is 1.13. The molecule has 0 amide bonds. The van der Waals surface area contributed by atoms with Gasteiger partial charge in [0.2, 0.25) is 21.7 Å². The predicted octanol–water partition coefficient (Wildman–Crippen LogP) is 2.43. The van der Waals surface area contributed by atoms with Crippen molar-refractivity contribution < 1.29 is 12.9 Å². The summed E-state index contributed by atoms with van der Waals surface area (Å²) >= 11 is 0. The number of aromatic nitrogens is 2. The average Bonchev–Trinajstić information content (AvgIpc) is 2.85. The van der Waals surface area contributed by atoms with Gasteiger partial charge >= 0.3 is 0 Å². The normalized spacial score (nSPS) is 12.8. The molecule has 0 spiro atoms. The molecule has 1 aromatic carbocycles. The number of sulfonamides is 1. The van der Waals surface area contributed by atoms with Gasteiger partial charge in [0.1, 0.15) is 0 Å². The van der Waals surface area contributed by atoms with Crippen molar-refractivity contribution >= 4 is 10.0 Å². The Bertz CT molecular complexity index is 743. The zero-order valence-corrected chi connectivity index (χ0v) is 14.3. The molecule has 0 aliphatic heterocycles. The van der Waals surface area contributed by atoms with E-state index in [0.717, 1.165) is 16.1 Å². The van der Waals surface area contributed by atoms with Crippen molar-refractivity contribution in [2.45, 2.75) is 32.7 Å². The second-order valence-electron chi connectivity index (χ2n) is 6.36. The summed E-state index contributed by atoms with van der Waals surface area (Å²) in [5.41, 5.74) is 2.14. The number of hydrogen-bond acceptors (Lipinski definition) is 5. The van der Waals surface area contributed by atoms with E-state index in [1.807, 2.05) is 24.3 Å². The Kier molecular flexibility index (Phi) is 4.39. The van der Waals surface area contributed by atoms with E-state index in [1.165, 1.54) is 12.6 Å². The van der Waals surface area contributed by atoms with Gasteiger partial charge in [0.15, 0.2) is 0 Å². The Hall–Kier alpha value is -1.73. The predicted molar refractivity (Wildman–Crippen MR) is 84.7 cm³/mol. The minimum absolute atomic E-state index is 0.0614. The van der Waals surface area contributed by atoms with Gasteiger partial charge in [-0.2, -0.15) is 9.29 Å².